The molecule has 0 aliphatic carbocycles. The Kier molecular flexibility index (Phi) is 8.41. The van der Waals surface area contributed by atoms with Gasteiger partial charge in [-0.05, 0) is 56.4 Å². The van der Waals surface area contributed by atoms with Crippen molar-refractivity contribution in [2.24, 2.45) is 0 Å². The van der Waals surface area contributed by atoms with Crippen LogP contribution >= 0.6 is 0 Å². The number of carbonyl (C=O) groups is 1. The van der Waals surface area contributed by atoms with Gasteiger partial charge in [-0.2, -0.15) is 4.31 Å². The van der Waals surface area contributed by atoms with Crippen LogP contribution in [0.1, 0.15) is 43.4 Å². The Bertz CT molecular complexity index is 911. The summed E-state index contributed by atoms with van der Waals surface area (Å²) in [6.45, 7) is 7.71. The number of carbonyl (C=O) groups excluding carboxylic acids is 1. The summed E-state index contributed by atoms with van der Waals surface area (Å²) in [5.74, 6) is -0.270. The minimum Gasteiger partial charge on any atom is -0.353 e. The highest BCUT2D eigenvalue weighted by Gasteiger charge is 2.28. The molecule has 5 nitrogen and oxygen atoms in total. The summed E-state index contributed by atoms with van der Waals surface area (Å²) >= 11 is 0. The van der Waals surface area contributed by atoms with Crippen LogP contribution in [-0.4, -0.2) is 37.8 Å². The molecule has 0 saturated carbocycles. The number of sulfonamides is 1. The van der Waals surface area contributed by atoms with Crippen LogP contribution in [-0.2, 0) is 21.2 Å². The van der Waals surface area contributed by atoms with Crippen LogP contribution in [0.15, 0.2) is 53.4 Å². The monoisotopic (exact) mass is 416 g/mol. The first kappa shape index (κ1) is 23.1. The summed E-state index contributed by atoms with van der Waals surface area (Å²) in [7, 11) is -3.80. The Balaban J connectivity index is 2.27. The molecule has 158 valence electrons. The molecule has 2 aromatic carbocycles. The predicted molar refractivity (Wildman–Crippen MR) is 117 cm³/mol. The Morgan fingerprint density at radius 3 is 2.45 bits per heavy atom. The van der Waals surface area contributed by atoms with Crippen molar-refractivity contribution < 1.29 is 13.2 Å². The molecule has 2 rings (SSSR count). The average Bonchev–Trinajstić information content (AvgIpc) is 2.67. The second-order valence-electron chi connectivity index (χ2n) is 7.60. The first-order valence-electron chi connectivity index (χ1n) is 10.1. The molecule has 0 aliphatic rings. The van der Waals surface area contributed by atoms with Gasteiger partial charge in [0.25, 0.3) is 0 Å². The lowest BCUT2D eigenvalue weighted by Gasteiger charge is -2.24. The summed E-state index contributed by atoms with van der Waals surface area (Å²) in [6.07, 6.45) is 2.36. The minimum atomic E-state index is -3.80. The molecule has 6 heteroatoms. The smallest absolute Gasteiger partial charge is 0.243 e. The lowest BCUT2D eigenvalue weighted by molar-refractivity contribution is -0.121. The van der Waals surface area contributed by atoms with Crippen molar-refractivity contribution in [2.75, 3.05) is 13.1 Å². The Morgan fingerprint density at radius 2 is 1.79 bits per heavy atom. The van der Waals surface area contributed by atoms with Crippen LogP contribution < -0.4 is 5.32 Å². The predicted octanol–water partition coefficient (Wildman–Crippen LogP) is 3.84. The second kappa shape index (κ2) is 10.6. The molecule has 1 atom stereocenters. The normalized spacial score (nSPS) is 12.7. The molecule has 0 unspecified atom stereocenters. The molecule has 0 spiro atoms. The van der Waals surface area contributed by atoms with E-state index in [1.807, 2.05) is 50.2 Å². The van der Waals surface area contributed by atoms with Gasteiger partial charge in [-0.15, -0.1) is 0 Å². The van der Waals surface area contributed by atoms with Gasteiger partial charge in [0.15, 0.2) is 0 Å². The zero-order valence-electron chi connectivity index (χ0n) is 17.8. The van der Waals surface area contributed by atoms with E-state index in [-0.39, 0.29) is 29.9 Å². The highest BCUT2D eigenvalue weighted by atomic mass is 32.2. The van der Waals surface area contributed by atoms with Gasteiger partial charge in [0, 0.05) is 12.6 Å². The largest absolute Gasteiger partial charge is 0.353 e. The topological polar surface area (TPSA) is 66.5 Å². The zero-order chi connectivity index (χ0) is 21.4. The lowest BCUT2D eigenvalue weighted by Crippen LogP contribution is -2.44. The van der Waals surface area contributed by atoms with E-state index in [9.17, 15) is 13.2 Å². The molecule has 0 aliphatic heterocycles. The van der Waals surface area contributed by atoms with Gasteiger partial charge >= 0.3 is 0 Å². The standard InChI is InChI=1S/C23H32N2O3S/c1-5-9-20(4)24-23(26)17-25(15-14-21-10-7-6-8-11-21)29(27,28)22-16-18(2)12-13-19(22)3/h6-8,10-13,16,20H,5,9,14-15,17H2,1-4H3,(H,24,26)/t20-/m0/s1. The molecule has 0 heterocycles. The van der Waals surface area contributed by atoms with Gasteiger partial charge in [0.05, 0.1) is 11.4 Å². The van der Waals surface area contributed by atoms with Crippen molar-refractivity contribution >= 4 is 15.9 Å². The van der Waals surface area contributed by atoms with Gasteiger partial charge in [-0.25, -0.2) is 8.42 Å². The van der Waals surface area contributed by atoms with Crippen molar-refractivity contribution in [2.45, 2.75) is 57.9 Å². The van der Waals surface area contributed by atoms with E-state index >= 15 is 0 Å². The van der Waals surface area contributed by atoms with Gasteiger partial charge in [0.1, 0.15) is 0 Å². The lowest BCUT2D eigenvalue weighted by atomic mass is 10.1. The molecule has 0 bridgehead atoms. The molecule has 0 fully saturated rings. The zero-order valence-corrected chi connectivity index (χ0v) is 18.6. The second-order valence-corrected chi connectivity index (χ2v) is 9.51. The summed E-state index contributed by atoms with van der Waals surface area (Å²) in [4.78, 5) is 12.8. The number of nitrogens with zero attached hydrogens (tertiary/aromatic N) is 1. The summed E-state index contributed by atoms with van der Waals surface area (Å²) in [5, 5.41) is 2.91. The number of rotatable bonds is 10. The van der Waals surface area contributed by atoms with Crippen molar-refractivity contribution in [3.05, 3.63) is 65.2 Å². The number of benzene rings is 2. The third kappa shape index (κ3) is 6.68. The third-order valence-corrected chi connectivity index (χ3v) is 6.89. The summed E-state index contributed by atoms with van der Waals surface area (Å²) in [6, 6.07) is 15.1. The minimum absolute atomic E-state index is 0.0203. The van der Waals surface area contributed by atoms with Gasteiger partial charge in [-0.1, -0.05) is 55.8 Å². The molecule has 0 saturated heterocycles. The van der Waals surface area contributed by atoms with Crippen LogP contribution in [0.4, 0.5) is 0 Å². The van der Waals surface area contributed by atoms with Gasteiger partial charge in [-0.3, -0.25) is 4.79 Å². The van der Waals surface area contributed by atoms with Crippen LogP contribution in [0, 0.1) is 13.8 Å². The average molecular weight is 417 g/mol. The van der Waals surface area contributed by atoms with E-state index in [0.717, 1.165) is 24.0 Å². The number of nitrogens with one attached hydrogen (secondary N) is 1. The van der Waals surface area contributed by atoms with E-state index in [0.29, 0.717) is 12.0 Å². The maximum Gasteiger partial charge on any atom is 0.243 e. The third-order valence-electron chi connectivity index (χ3n) is 4.90. The van der Waals surface area contributed by atoms with Gasteiger partial charge in [0.2, 0.25) is 15.9 Å². The Labute approximate surface area is 175 Å². The fourth-order valence-electron chi connectivity index (χ4n) is 3.29. The molecular weight excluding hydrogens is 384 g/mol. The number of aryl methyl sites for hydroxylation is 2. The quantitative estimate of drug-likeness (QED) is 0.640. The maximum atomic E-state index is 13.4. The molecular formula is C23H32N2O3S. The Morgan fingerprint density at radius 1 is 1.10 bits per heavy atom. The van der Waals surface area contributed by atoms with E-state index in [1.165, 1.54) is 4.31 Å². The van der Waals surface area contributed by atoms with Crippen LogP contribution in [0.2, 0.25) is 0 Å². The van der Waals surface area contributed by atoms with Crippen molar-refractivity contribution in [1.29, 1.82) is 0 Å². The van der Waals surface area contributed by atoms with E-state index in [4.69, 9.17) is 0 Å². The molecule has 1 N–H and O–H groups in total. The highest BCUT2D eigenvalue weighted by molar-refractivity contribution is 7.89. The van der Waals surface area contributed by atoms with Crippen molar-refractivity contribution in [3.63, 3.8) is 0 Å². The van der Waals surface area contributed by atoms with E-state index in [2.05, 4.69) is 12.2 Å². The molecule has 2 aromatic rings. The fraction of sp³-hybridized carbons (Fsp3) is 0.435. The molecule has 29 heavy (non-hydrogen) atoms. The van der Waals surface area contributed by atoms with Crippen molar-refractivity contribution in [1.82, 2.24) is 9.62 Å². The first-order chi connectivity index (χ1) is 13.7. The maximum absolute atomic E-state index is 13.4. The SMILES string of the molecule is CCC[C@H](C)NC(=O)CN(CCc1ccccc1)S(=O)(=O)c1cc(C)ccc1C. The van der Waals surface area contributed by atoms with Crippen LogP contribution in [0.5, 0.6) is 0 Å². The van der Waals surface area contributed by atoms with Gasteiger partial charge < -0.3 is 5.32 Å². The van der Waals surface area contributed by atoms with Crippen LogP contribution in [0.25, 0.3) is 0 Å². The summed E-state index contributed by atoms with van der Waals surface area (Å²) < 4.78 is 28.1. The van der Waals surface area contributed by atoms with Crippen LogP contribution in [0.3, 0.4) is 0 Å². The number of amides is 1. The van der Waals surface area contributed by atoms with Crippen molar-refractivity contribution in [3.8, 4) is 0 Å². The summed E-state index contributed by atoms with van der Waals surface area (Å²) in [5.41, 5.74) is 2.59. The molecule has 0 aromatic heterocycles. The highest BCUT2D eigenvalue weighted by Crippen LogP contribution is 2.21. The molecule has 0 radical (unpaired) electrons. The number of hydrogen-bond acceptors (Lipinski definition) is 3. The fourth-order valence-corrected chi connectivity index (χ4v) is 5.00. The van der Waals surface area contributed by atoms with E-state index in [1.54, 1.807) is 19.1 Å². The first-order valence-corrected chi connectivity index (χ1v) is 11.6. The number of hydrogen-bond donors (Lipinski definition) is 1. The van der Waals surface area contributed by atoms with E-state index < -0.39 is 10.0 Å². The Hall–Kier alpha value is -2.18. The molecule has 1 amide bonds.